The first-order valence-electron chi connectivity index (χ1n) is 5.75. The molecule has 0 aliphatic carbocycles. The fourth-order valence-corrected chi connectivity index (χ4v) is 2.10. The average molecular weight is 365 g/mol. The van der Waals surface area contributed by atoms with Gasteiger partial charge in [-0.1, -0.05) is 12.1 Å². The number of aliphatic hydroxyl groups excluding tert-OH is 1. The molecule has 0 amide bonds. The zero-order valence-corrected chi connectivity index (χ0v) is 12.0. The molecule has 112 valence electrons. The number of hydrogen-bond donors (Lipinski definition) is 1. The highest BCUT2D eigenvalue weighted by Gasteiger charge is 2.18. The maximum absolute atomic E-state index is 13.8. The second kappa shape index (κ2) is 6.44. The van der Waals surface area contributed by atoms with Gasteiger partial charge in [-0.05, 0) is 45.8 Å². The molecule has 2 aromatic carbocycles. The molecule has 1 unspecified atom stereocenters. The number of aliphatic hydroxyl groups is 1. The Labute approximate surface area is 126 Å². The van der Waals surface area contributed by atoms with Gasteiger partial charge in [0.1, 0.15) is 23.5 Å². The Kier molecular flexibility index (Phi) is 4.84. The molecule has 2 aromatic rings. The summed E-state index contributed by atoms with van der Waals surface area (Å²) in [4.78, 5) is 0. The van der Waals surface area contributed by atoms with E-state index in [1.54, 1.807) is 0 Å². The van der Waals surface area contributed by atoms with Crippen LogP contribution in [0.25, 0.3) is 0 Å². The fraction of sp³-hybridized carbons (Fsp3) is 0.143. The minimum atomic E-state index is -3.01. The van der Waals surface area contributed by atoms with Crippen molar-refractivity contribution < 1.29 is 27.4 Å². The van der Waals surface area contributed by atoms with Crippen LogP contribution in [0.1, 0.15) is 17.2 Å². The minimum absolute atomic E-state index is 0.0780. The summed E-state index contributed by atoms with van der Waals surface area (Å²) in [5, 5.41) is 10.1. The van der Waals surface area contributed by atoms with Crippen LogP contribution >= 0.6 is 15.9 Å². The lowest BCUT2D eigenvalue weighted by Gasteiger charge is -2.14. The molecule has 0 aliphatic heterocycles. The van der Waals surface area contributed by atoms with Crippen LogP contribution in [0.3, 0.4) is 0 Å². The summed E-state index contributed by atoms with van der Waals surface area (Å²) in [6.45, 7) is -3.01. The average Bonchev–Trinajstić information content (AvgIpc) is 2.41. The van der Waals surface area contributed by atoms with Crippen LogP contribution in [0.15, 0.2) is 40.9 Å². The maximum atomic E-state index is 13.8. The normalized spacial score (nSPS) is 12.5. The Morgan fingerprint density at radius 2 is 1.76 bits per heavy atom. The van der Waals surface area contributed by atoms with Crippen molar-refractivity contribution in [1.82, 2.24) is 0 Å². The van der Waals surface area contributed by atoms with Crippen molar-refractivity contribution in [2.45, 2.75) is 12.7 Å². The van der Waals surface area contributed by atoms with Crippen molar-refractivity contribution in [3.05, 3.63) is 63.6 Å². The number of halogens is 5. The Morgan fingerprint density at radius 3 is 2.43 bits per heavy atom. The van der Waals surface area contributed by atoms with Crippen molar-refractivity contribution in [3.8, 4) is 5.75 Å². The highest BCUT2D eigenvalue weighted by Crippen LogP contribution is 2.30. The third kappa shape index (κ3) is 3.74. The van der Waals surface area contributed by atoms with Crippen LogP contribution in [0.2, 0.25) is 0 Å². The molecule has 0 aliphatic rings. The second-order valence-corrected chi connectivity index (χ2v) is 5.00. The van der Waals surface area contributed by atoms with E-state index in [0.717, 1.165) is 18.2 Å². The summed E-state index contributed by atoms with van der Waals surface area (Å²) in [5.41, 5.74) is -0.196. The highest BCUT2D eigenvalue weighted by molar-refractivity contribution is 9.10. The van der Waals surface area contributed by atoms with E-state index < -0.39 is 24.3 Å². The molecule has 2 rings (SSSR count). The first-order chi connectivity index (χ1) is 9.88. The molecular formula is C14H9BrF4O2. The van der Waals surface area contributed by atoms with Gasteiger partial charge in [0, 0.05) is 5.56 Å². The summed E-state index contributed by atoms with van der Waals surface area (Å²) in [6.07, 6.45) is -1.51. The molecule has 0 heterocycles. The first kappa shape index (κ1) is 15.8. The Morgan fingerprint density at radius 1 is 1.05 bits per heavy atom. The van der Waals surface area contributed by atoms with Crippen LogP contribution in [-0.2, 0) is 0 Å². The van der Waals surface area contributed by atoms with Crippen LogP contribution in [0.4, 0.5) is 17.6 Å². The van der Waals surface area contributed by atoms with Gasteiger partial charge in [0.2, 0.25) is 0 Å². The summed E-state index contributed by atoms with van der Waals surface area (Å²) in [6, 6.07) is 6.88. The van der Waals surface area contributed by atoms with Gasteiger partial charge in [0.15, 0.2) is 0 Å². The van der Waals surface area contributed by atoms with Crippen LogP contribution in [0, 0.1) is 11.6 Å². The van der Waals surface area contributed by atoms with Gasteiger partial charge in [0.25, 0.3) is 0 Å². The van der Waals surface area contributed by atoms with Crippen LogP contribution < -0.4 is 4.74 Å². The van der Waals surface area contributed by atoms with Crippen molar-refractivity contribution in [1.29, 1.82) is 0 Å². The van der Waals surface area contributed by atoms with E-state index in [1.165, 1.54) is 18.2 Å². The molecule has 0 bridgehead atoms. The lowest BCUT2D eigenvalue weighted by molar-refractivity contribution is -0.0499. The molecular weight excluding hydrogens is 356 g/mol. The van der Waals surface area contributed by atoms with E-state index in [2.05, 4.69) is 20.7 Å². The maximum Gasteiger partial charge on any atom is 0.387 e. The molecule has 21 heavy (non-hydrogen) atoms. The van der Waals surface area contributed by atoms with E-state index in [0.29, 0.717) is 0 Å². The van der Waals surface area contributed by atoms with Gasteiger partial charge in [-0.15, -0.1) is 0 Å². The van der Waals surface area contributed by atoms with Gasteiger partial charge in [0.05, 0.1) is 4.47 Å². The Bertz CT molecular complexity index is 649. The van der Waals surface area contributed by atoms with Gasteiger partial charge in [-0.3, -0.25) is 0 Å². The summed E-state index contributed by atoms with van der Waals surface area (Å²) in [5.74, 6) is -1.75. The van der Waals surface area contributed by atoms with Crippen molar-refractivity contribution in [2.75, 3.05) is 0 Å². The minimum Gasteiger partial charge on any atom is -0.435 e. The lowest BCUT2D eigenvalue weighted by atomic mass is 10.0. The standard InChI is InChI=1S/C14H9BrF4O2/c15-10-6-11(16)9(5-12(10)17)13(20)7-2-1-3-8(4-7)21-14(18)19/h1-6,13-14,20H. The molecule has 2 nitrogen and oxygen atoms in total. The predicted octanol–water partition coefficient (Wildman–Crippen LogP) is 4.41. The van der Waals surface area contributed by atoms with Gasteiger partial charge in [-0.25, -0.2) is 8.78 Å². The number of benzene rings is 2. The monoisotopic (exact) mass is 364 g/mol. The number of ether oxygens (including phenoxy) is 1. The smallest absolute Gasteiger partial charge is 0.387 e. The largest absolute Gasteiger partial charge is 0.435 e. The Balaban J connectivity index is 2.36. The third-order valence-electron chi connectivity index (χ3n) is 2.73. The lowest BCUT2D eigenvalue weighted by Crippen LogP contribution is -2.06. The molecule has 1 atom stereocenters. The van der Waals surface area contributed by atoms with E-state index in [4.69, 9.17) is 0 Å². The Hall–Kier alpha value is -1.60. The van der Waals surface area contributed by atoms with Crippen LogP contribution in [-0.4, -0.2) is 11.7 Å². The highest BCUT2D eigenvalue weighted by atomic mass is 79.9. The summed E-state index contributed by atoms with van der Waals surface area (Å²) in [7, 11) is 0. The SMILES string of the molecule is OC(c1cccc(OC(F)F)c1)c1cc(F)c(Br)cc1F. The van der Waals surface area contributed by atoms with Gasteiger partial charge < -0.3 is 9.84 Å². The zero-order valence-electron chi connectivity index (χ0n) is 10.4. The summed E-state index contributed by atoms with van der Waals surface area (Å²) >= 11 is 2.82. The fourth-order valence-electron chi connectivity index (χ4n) is 1.79. The number of hydrogen-bond acceptors (Lipinski definition) is 2. The van der Waals surface area contributed by atoms with E-state index in [1.807, 2.05) is 0 Å². The first-order valence-corrected chi connectivity index (χ1v) is 6.55. The quantitative estimate of drug-likeness (QED) is 0.643. The molecule has 0 aromatic heterocycles. The third-order valence-corrected chi connectivity index (χ3v) is 3.34. The van der Waals surface area contributed by atoms with Gasteiger partial charge >= 0.3 is 6.61 Å². The molecule has 0 spiro atoms. The molecule has 0 saturated carbocycles. The van der Waals surface area contributed by atoms with Crippen molar-refractivity contribution in [2.24, 2.45) is 0 Å². The molecule has 7 heteroatoms. The molecule has 0 fully saturated rings. The van der Waals surface area contributed by atoms with E-state index >= 15 is 0 Å². The second-order valence-electron chi connectivity index (χ2n) is 4.14. The van der Waals surface area contributed by atoms with Crippen LogP contribution in [0.5, 0.6) is 5.75 Å². The van der Waals surface area contributed by atoms with Crippen molar-refractivity contribution in [3.63, 3.8) is 0 Å². The van der Waals surface area contributed by atoms with E-state index in [-0.39, 0.29) is 21.3 Å². The van der Waals surface area contributed by atoms with Gasteiger partial charge in [-0.2, -0.15) is 8.78 Å². The predicted molar refractivity (Wildman–Crippen MR) is 71.2 cm³/mol. The van der Waals surface area contributed by atoms with E-state index in [9.17, 15) is 22.7 Å². The molecule has 1 N–H and O–H groups in total. The number of rotatable bonds is 4. The summed E-state index contributed by atoms with van der Waals surface area (Å²) < 4.78 is 55.6. The number of alkyl halides is 2. The molecule has 0 radical (unpaired) electrons. The molecule has 0 saturated heterocycles. The van der Waals surface area contributed by atoms with Crippen molar-refractivity contribution >= 4 is 15.9 Å². The topological polar surface area (TPSA) is 29.5 Å². The zero-order chi connectivity index (χ0) is 15.6.